The maximum Gasteiger partial charge on any atom is 0.251 e. The summed E-state index contributed by atoms with van der Waals surface area (Å²) in [7, 11) is 1.61. The molecule has 7 nitrogen and oxygen atoms in total. The number of imidazole rings is 1. The largest absolute Gasteiger partial charge is 0.387 e. The van der Waals surface area contributed by atoms with E-state index < -0.39 is 6.10 Å². The molecule has 1 atom stereocenters. The van der Waals surface area contributed by atoms with Crippen molar-refractivity contribution >= 4 is 38.3 Å². The third kappa shape index (κ3) is 4.16. The monoisotopic (exact) mass is 470 g/mol. The lowest BCUT2D eigenvalue weighted by molar-refractivity contribution is 0.0915. The van der Waals surface area contributed by atoms with Gasteiger partial charge in [0.2, 0.25) is 0 Å². The van der Waals surface area contributed by atoms with Crippen LogP contribution in [0.25, 0.3) is 26.4 Å². The van der Waals surface area contributed by atoms with Gasteiger partial charge in [0, 0.05) is 36.5 Å². The van der Waals surface area contributed by atoms with E-state index in [-0.39, 0.29) is 18.4 Å². The lowest BCUT2D eigenvalue weighted by atomic mass is 10.1. The summed E-state index contributed by atoms with van der Waals surface area (Å²) in [6, 6.07) is 22.1. The Kier molecular flexibility index (Phi) is 5.83. The fourth-order valence-corrected chi connectivity index (χ4v) is 4.85. The minimum Gasteiger partial charge on any atom is -0.387 e. The molecule has 0 saturated heterocycles. The number of aliphatic hydroxyl groups is 1. The highest BCUT2D eigenvalue weighted by molar-refractivity contribution is 7.23. The molecule has 0 saturated carbocycles. The van der Waals surface area contributed by atoms with Crippen LogP contribution in [-0.4, -0.2) is 39.9 Å². The molecule has 0 radical (unpaired) electrons. The molecule has 3 N–H and O–H groups in total. The second-order valence-corrected chi connectivity index (χ2v) is 8.87. The normalized spacial score (nSPS) is 12.1. The van der Waals surface area contributed by atoms with Gasteiger partial charge in [-0.1, -0.05) is 53.8 Å². The number of hydrogen-bond acceptors (Lipinski definition) is 5. The molecule has 170 valence electrons. The van der Waals surface area contributed by atoms with Gasteiger partial charge in [-0.05, 0) is 35.9 Å². The number of aliphatic hydroxyl groups excluding tert-OH is 1. The van der Waals surface area contributed by atoms with Crippen molar-refractivity contribution in [1.82, 2.24) is 20.0 Å². The Morgan fingerprint density at radius 2 is 1.74 bits per heavy atom. The highest BCUT2D eigenvalue weighted by Crippen LogP contribution is 2.30. The Bertz CT molecular complexity index is 1490. The Balaban J connectivity index is 1.34. The molecule has 0 aliphatic rings. The molecule has 1 unspecified atom stereocenters. The third-order valence-corrected chi connectivity index (χ3v) is 6.68. The SMILES string of the molecule is CNC(=O)c1ccc(-c2cn3c(n2)sc2cc(C(=O)NCC(O)c4ccccc4)ccc23)cc1. The first-order valence-corrected chi connectivity index (χ1v) is 11.6. The lowest BCUT2D eigenvalue weighted by Crippen LogP contribution is -2.28. The van der Waals surface area contributed by atoms with Gasteiger partial charge in [-0.2, -0.15) is 0 Å². The van der Waals surface area contributed by atoms with Crippen LogP contribution in [0.5, 0.6) is 0 Å². The van der Waals surface area contributed by atoms with Gasteiger partial charge in [0.25, 0.3) is 11.8 Å². The van der Waals surface area contributed by atoms with E-state index >= 15 is 0 Å². The number of amides is 2. The minimum absolute atomic E-state index is 0.127. The van der Waals surface area contributed by atoms with Crippen LogP contribution >= 0.6 is 11.3 Å². The number of carbonyl (C=O) groups is 2. The van der Waals surface area contributed by atoms with E-state index in [1.165, 1.54) is 11.3 Å². The molecular weight excluding hydrogens is 448 g/mol. The number of carbonyl (C=O) groups excluding carboxylic acids is 2. The predicted molar refractivity (Wildman–Crippen MR) is 133 cm³/mol. The molecule has 5 aromatic rings. The fraction of sp³-hybridized carbons (Fsp3) is 0.115. The zero-order chi connectivity index (χ0) is 23.7. The van der Waals surface area contributed by atoms with Crippen LogP contribution in [0.4, 0.5) is 0 Å². The molecule has 5 rings (SSSR count). The van der Waals surface area contributed by atoms with Gasteiger partial charge < -0.3 is 15.7 Å². The maximum absolute atomic E-state index is 12.6. The molecular formula is C26H22N4O3S. The molecule has 0 spiro atoms. The summed E-state index contributed by atoms with van der Waals surface area (Å²) in [6.07, 6.45) is 1.20. The number of aromatic nitrogens is 2. The van der Waals surface area contributed by atoms with Crippen LogP contribution < -0.4 is 10.6 Å². The van der Waals surface area contributed by atoms with Crippen LogP contribution in [0.1, 0.15) is 32.4 Å². The molecule has 0 aliphatic carbocycles. The number of thiazole rings is 1. The minimum atomic E-state index is -0.761. The van der Waals surface area contributed by atoms with Crippen LogP contribution in [0.3, 0.4) is 0 Å². The van der Waals surface area contributed by atoms with Crippen LogP contribution in [0, 0.1) is 0 Å². The first kappa shape index (κ1) is 21.8. The summed E-state index contributed by atoms with van der Waals surface area (Å²) in [6.45, 7) is 0.136. The summed E-state index contributed by atoms with van der Waals surface area (Å²) in [5.41, 5.74) is 4.58. The molecule has 2 aromatic heterocycles. The van der Waals surface area contributed by atoms with Crippen LogP contribution in [0.2, 0.25) is 0 Å². The third-order valence-electron chi connectivity index (χ3n) is 5.67. The number of benzene rings is 3. The number of nitrogens with one attached hydrogen (secondary N) is 2. The summed E-state index contributed by atoms with van der Waals surface area (Å²) in [5, 5.41) is 15.7. The van der Waals surface area contributed by atoms with E-state index in [9.17, 15) is 14.7 Å². The van der Waals surface area contributed by atoms with Crippen molar-refractivity contribution in [2.75, 3.05) is 13.6 Å². The van der Waals surface area contributed by atoms with Crippen LogP contribution in [0.15, 0.2) is 79.0 Å². The summed E-state index contributed by atoms with van der Waals surface area (Å²) in [4.78, 5) is 29.9. The standard InChI is InChI=1S/C26H22N4O3S/c1-27-24(32)18-9-7-16(8-10-18)20-15-30-21-12-11-19(13-23(21)34-26(30)29-20)25(33)28-14-22(31)17-5-3-2-4-6-17/h2-13,15,22,31H,14H2,1H3,(H,27,32)(H,28,33). The second-order valence-electron chi connectivity index (χ2n) is 7.86. The predicted octanol–water partition coefficient (Wildman–Crippen LogP) is 4.04. The molecule has 0 bridgehead atoms. The number of hydrogen-bond donors (Lipinski definition) is 3. The molecule has 0 fully saturated rings. The maximum atomic E-state index is 12.6. The van der Waals surface area contributed by atoms with Gasteiger partial charge in [0.15, 0.2) is 4.96 Å². The summed E-state index contributed by atoms with van der Waals surface area (Å²) >= 11 is 1.50. The zero-order valence-corrected chi connectivity index (χ0v) is 19.2. The highest BCUT2D eigenvalue weighted by atomic mass is 32.1. The van der Waals surface area contributed by atoms with Gasteiger partial charge in [0.1, 0.15) is 0 Å². The molecule has 2 heterocycles. The molecule has 34 heavy (non-hydrogen) atoms. The van der Waals surface area contributed by atoms with E-state index in [4.69, 9.17) is 4.98 Å². The van der Waals surface area contributed by atoms with Gasteiger partial charge in [0.05, 0.1) is 22.0 Å². The second kappa shape index (κ2) is 9.09. The Labute approximate surface area is 199 Å². The van der Waals surface area contributed by atoms with Gasteiger partial charge >= 0.3 is 0 Å². The quantitative estimate of drug-likeness (QED) is 0.349. The van der Waals surface area contributed by atoms with Crippen molar-refractivity contribution in [3.05, 3.63) is 95.7 Å². The first-order valence-electron chi connectivity index (χ1n) is 10.8. The average molecular weight is 471 g/mol. The van der Waals surface area contributed by atoms with Crippen molar-refractivity contribution in [1.29, 1.82) is 0 Å². The van der Waals surface area contributed by atoms with Crippen molar-refractivity contribution in [3.63, 3.8) is 0 Å². The number of fused-ring (bicyclic) bond motifs is 3. The highest BCUT2D eigenvalue weighted by Gasteiger charge is 2.15. The van der Waals surface area contributed by atoms with E-state index in [1.807, 2.05) is 65.2 Å². The van der Waals surface area contributed by atoms with E-state index in [1.54, 1.807) is 25.2 Å². The molecule has 0 aliphatic heterocycles. The Morgan fingerprint density at radius 3 is 2.47 bits per heavy atom. The first-order chi connectivity index (χ1) is 16.5. The van der Waals surface area contributed by atoms with Crippen molar-refractivity contribution in [2.24, 2.45) is 0 Å². The molecule has 2 amide bonds. The lowest BCUT2D eigenvalue weighted by Gasteiger charge is -2.12. The van der Waals surface area contributed by atoms with E-state index in [0.29, 0.717) is 11.1 Å². The number of rotatable bonds is 6. The fourth-order valence-electron chi connectivity index (χ4n) is 3.80. The Morgan fingerprint density at radius 1 is 1.00 bits per heavy atom. The van der Waals surface area contributed by atoms with Gasteiger partial charge in [-0.3, -0.25) is 14.0 Å². The summed E-state index contributed by atoms with van der Waals surface area (Å²) < 4.78 is 2.95. The Hall–Kier alpha value is -4.01. The average Bonchev–Trinajstić information content (AvgIpc) is 3.45. The topological polar surface area (TPSA) is 95.7 Å². The smallest absolute Gasteiger partial charge is 0.251 e. The molecule has 3 aromatic carbocycles. The van der Waals surface area contributed by atoms with E-state index in [0.717, 1.165) is 32.0 Å². The van der Waals surface area contributed by atoms with Crippen molar-refractivity contribution < 1.29 is 14.7 Å². The zero-order valence-electron chi connectivity index (χ0n) is 18.4. The van der Waals surface area contributed by atoms with Crippen LogP contribution in [-0.2, 0) is 0 Å². The van der Waals surface area contributed by atoms with E-state index in [2.05, 4.69) is 10.6 Å². The van der Waals surface area contributed by atoms with Crippen molar-refractivity contribution in [2.45, 2.75) is 6.10 Å². The summed E-state index contributed by atoms with van der Waals surface area (Å²) in [5.74, 6) is -0.363. The number of nitrogens with zero attached hydrogens (tertiary/aromatic N) is 2. The molecule has 8 heteroatoms. The van der Waals surface area contributed by atoms with Crippen molar-refractivity contribution in [3.8, 4) is 11.3 Å². The van der Waals surface area contributed by atoms with Gasteiger partial charge in [-0.25, -0.2) is 4.98 Å². The van der Waals surface area contributed by atoms with Gasteiger partial charge in [-0.15, -0.1) is 0 Å².